The lowest BCUT2D eigenvalue weighted by atomic mass is 10.1. The molecule has 25 heavy (non-hydrogen) atoms. The van der Waals surface area contributed by atoms with Crippen LogP contribution in [0, 0.1) is 5.41 Å². The van der Waals surface area contributed by atoms with Crippen molar-refractivity contribution < 1.29 is 9.32 Å². The number of halogens is 1. The Hall–Kier alpha value is -2.27. The molecule has 1 aliphatic rings. The Morgan fingerprint density at radius 3 is 2.92 bits per heavy atom. The third-order valence-electron chi connectivity index (χ3n) is 4.97. The Morgan fingerprint density at radius 1 is 1.36 bits per heavy atom. The van der Waals surface area contributed by atoms with Crippen LogP contribution in [0.25, 0.3) is 10.9 Å². The van der Waals surface area contributed by atoms with E-state index >= 15 is 0 Å². The molecular formula is C19H20ClN3O2. The average molecular weight is 358 g/mol. The van der Waals surface area contributed by atoms with Crippen LogP contribution in [-0.2, 0) is 24.2 Å². The van der Waals surface area contributed by atoms with Crippen LogP contribution in [0.4, 0.5) is 0 Å². The maximum atomic E-state index is 12.1. The molecule has 2 aromatic heterocycles. The van der Waals surface area contributed by atoms with Gasteiger partial charge in [-0.25, -0.2) is 0 Å². The van der Waals surface area contributed by atoms with Gasteiger partial charge in [-0.15, -0.1) is 0 Å². The number of hydrogen-bond acceptors (Lipinski definition) is 3. The summed E-state index contributed by atoms with van der Waals surface area (Å²) in [5.74, 6) is 0.137. The lowest BCUT2D eigenvalue weighted by molar-refractivity contribution is -0.125. The van der Waals surface area contributed by atoms with Gasteiger partial charge in [0.1, 0.15) is 6.26 Å². The van der Waals surface area contributed by atoms with E-state index in [1.54, 1.807) is 6.26 Å². The fourth-order valence-corrected chi connectivity index (χ4v) is 3.24. The summed E-state index contributed by atoms with van der Waals surface area (Å²) in [4.78, 5) is 15.4. The molecule has 1 aromatic carbocycles. The first-order valence-corrected chi connectivity index (χ1v) is 8.89. The number of aryl methyl sites for hydroxylation is 2. The first-order chi connectivity index (χ1) is 12.0. The highest BCUT2D eigenvalue weighted by Crippen LogP contribution is 2.45. The Labute approximate surface area is 150 Å². The predicted molar refractivity (Wildman–Crippen MR) is 96.4 cm³/mol. The minimum absolute atomic E-state index is 0.137. The molecule has 1 fully saturated rings. The highest BCUT2D eigenvalue weighted by Gasteiger charge is 2.44. The van der Waals surface area contributed by atoms with E-state index in [0.29, 0.717) is 6.54 Å². The number of hydrogen-bond donors (Lipinski definition) is 2. The number of nitrogens with one attached hydrogen (secondary N) is 2. The number of amides is 1. The number of rotatable bonds is 6. The summed E-state index contributed by atoms with van der Waals surface area (Å²) in [5.41, 5.74) is 3.85. The lowest BCUT2D eigenvalue weighted by Gasteiger charge is -2.08. The van der Waals surface area contributed by atoms with Gasteiger partial charge in [0.2, 0.25) is 5.91 Å². The van der Waals surface area contributed by atoms with Crippen LogP contribution >= 0.6 is 11.6 Å². The first kappa shape index (κ1) is 16.2. The lowest BCUT2D eigenvalue weighted by Crippen LogP contribution is -2.29. The average Bonchev–Trinajstić information content (AvgIpc) is 3.01. The van der Waals surface area contributed by atoms with Crippen molar-refractivity contribution in [3.05, 3.63) is 52.5 Å². The first-order valence-electron chi connectivity index (χ1n) is 8.51. The highest BCUT2D eigenvalue weighted by atomic mass is 35.5. The van der Waals surface area contributed by atoms with E-state index in [1.807, 2.05) is 25.1 Å². The van der Waals surface area contributed by atoms with Gasteiger partial charge in [0.15, 0.2) is 0 Å². The van der Waals surface area contributed by atoms with Crippen molar-refractivity contribution in [2.75, 3.05) is 0 Å². The van der Waals surface area contributed by atoms with Gasteiger partial charge in [0, 0.05) is 33.1 Å². The summed E-state index contributed by atoms with van der Waals surface area (Å²) in [6, 6.07) is 7.95. The topological polar surface area (TPSA) is 70.9 Å². The van der Waals surface area contributed by atoms with Crippen LogP contribution in [-0.4, -0.2) is 16.0 Å². The molecule has 2 heterocycles. The second-order valence-corrected chi connectivity index (χ2v) is 7.47. The van der Waals surface area contributed by atoms with Gasteiger partial charge in [0.05, 0.1) is 12.2 Å². The van der Waals surface area contributed by atoms with Crippen molar-refractivity contribution in [1.82, 2.24) is 15.5 Å². The molecule has 0 spiro atoms. The van der Waals surface area contributed by atoms with Crippen LogP contribution in [0.5, 0.6) is 0 Å². The standard InChI is InChI=1S/C19H20ClN3O2/c1-19(5-6-19)18(24)21-11-15-8-13-9-16(20)12(10-17(13)22-15)2-3-14-4-7-25-23-14/h4,7-10,22H,2-3,5-6,11H2,1H3,(H,21,24). The van der Waals surface area contributed by atoms with Crippen molar-refractivity contribution in [1.29, 1.82) is 0 Å². The minimum atomic E-state index is -0.149. The quantitative estimate of drug-likeness (QED) is 0.700. The van der Waals surface area contributed by atoms with Crippen LogP contribution in [0.15, 0.2) is 35.1 Å². The molecule has 0 bridgehead atoms. The molecule has 1 saturated carbocycles. The number of aromatic nitrogens is 2. The van der Waals surface area contributed by atoms with E-state index < -0.39 is 0 Å². The van der Waals surface area contributed by atoms with E-state index in [0.717, 1.165) is 58.6 Å². The molecule has 0 atom stereocenters. The van der Waals surface area contributed by atoms with Crippen LogP contribution in [0.3, 0.4) is 0 Å². The second kappa shape index (κ2) is 6.23. The zero-order chi connectivity index (χ0) is 17.4. The zero-order valence-electron chi connectivity index (χ0n) is 14.1. The summed E-state index contributed by atoms with van der Waals surface area (Å²) in [5, 5.41) is 8.74. The third-order valence-corrected chi connectivity index (χ3v) is 5.32. The van der Waals surface area contributed by atoms with Gasteiger partial charge in [-0.3, -0.25) is 4.79 Å². The summed E-state index contributed by atoms with van der Waals surface area (Å²) in [6.07, 6.45) is 5.12. The molecule has 0 radical (unpaired) electrons. The third kappa shape index (κ3) is 3.42. The van der Waals surface area contributed by atoms with E-state index in [2.05, 4.69) is 21.5 Å². The minimum Gasteiger partial charge on any atom is -0.365 e. The number of benzene rings is 1. The second-order valence-electron chi connectivity index (χ2n) is 7.06. The SMILES string of the molecule is CC1(C(=O)NCc2cc3cc(Cl)c(CCc4ccon4)cc3[nH]2)CC1. The highest BCUT2D eigenvalue weighted by molar-refractivity contribution is 6.32. The fraction of sp³-hybridized carbons (Fsp3) is 0.368. The Balaban J connectivity index is 1.47. The molecule has 130 valence electrons. The molecule has 2 N–H and O–H groups in total. The van der Waals surface area contributed by atoms with E-state index in [1.165, 1.54) is 0 Å². The van der Waals surface area contributed by atoms with Gasteiger partial charge in [-0.05, 0) is 49.4 Å². The molecule has 1 amide bonds. The molecule has 5 nitrogen and oxygen atoms in total. The van der Waals surface area contributed by atoms with Crippen molar-refractivity contribution in [2.24, 2.45) is 5.41 Å². The Bertz CT molecular complexity index is 910. The Kier molecular flexibility index (Phi) is 4.04. The van der Waals surface area contributed by atoms with Gasteiger partial charge < -0.3 is 14.8 Å². The monoisotopic (exact) mass is 357 g/mol. The maximum absolute atomic E-state index is 12.1. The zero-order valence-corrected chi connectivity index (χ0v) is 14.8. The molecule has 3 aromatic rings. The number of H-pyrrole nitrogens is 1. The number of carbonyl (C=O) groups is 1. The number of aromatic amines is 1. The molecular weight excluding hydrogens is 338 g/mol. The summed E-state index contributed by atoms with van der Waals surface area (Å²) in [6.45, 7) is 2.52. The van der Waals surface area contributed by atoms with Gasteiger partial charge in [0.25, 0.3) is 0 Å². The van der Waals surface area contributed by atoms with Gasteiger partial charge in [-0.1, -0.05) is 23.7 Å². The molecule has 0 unspecified atom stereocenters. The van der Waals surface area contributed by atoms with E-state index in [9.17, 15) is 4.79 Å². The van der Waals surface area contributed by atoms with Crippen molar-refractivity contribution in [3.63, 3.8) is 0 Å². The maximum Gasteiger partial charge on any atom is 0.226 e. The van der Waals surface area contributed by atoms with Crippen LogP contribution < -0.4 is 5.32 Å². The van der Waals surface area contributed by atoms with Gasteiger partial charge >= 0.3 is 0 Å². The molecule has 0 aliphatic heterocycles. The number of carbonyl (C=O) groups excluding carboxylic acids is 1. The molecule has 0 saturated heterocycles. The normalized spacial score (nSPS) is 15.4. The summed E-state index contributed by atoms with van der Waals surface area (Å²) >= 11 is 6.42. The van der Waals surface area contributed by atoms with E-state index in [-0.39, 0.29) is 11.3 Å². The van der Waals surface area contributed by atoms with Crippen molar-refractivity contribution >= 4 is 28.4 Å². The molecule has 6 heteroatoms. The largest absolute Gasteiger partial charge is 0.365 e. The van der Waals surface area contributed by atoms with E-state index in [4.69, 9.17) is 16.1 Å². The molecule has 4 rings (SSSR count). The fourth-order valence-electron chi connectivity index (χ4n) is 2.98. The van der Waals surface area contributed by atoms with Gasteiger partial charge in [-0.2, -0.15) is 0 Å². The van der Waals surface area contributed by atoms with Crippen LogP contribution in [0.2, 0.25) is 5.02 Å². The number of nitrogens with zero attached hydrogens (tertiary/aromatic N) is 1. The smallest absolute Gasteiger partial charge is 0.226 e. The molecule has 1 aliphatic carbocycles. The Morgan fingerprint density at radius 2 is 2.20 bits per heavy atom. The van der Waals surface area contributed by atoms with Crippen LogP contribution in [0.1, 0.15) is 36.7 Å². The van der Waals surface area contributed by atoms with Crippen molar-refractivity contribution in [3.8, 4) is 0 Å². The summed E-state index contributed by atoms with van der Waals surface area (Å²) < 4.78 is 4.86. The predicted octanol–water partition coefficient (Wildman–Crippen LogP) is 4.01. The number of fused-ring (bicyclic) bond motifs is 1. The van der Waals surface area contributed by atoms with Crippen molar-refractivity contribution in [2.45, 2.75) is 39.2 Å². The summed E-state index contributed by atoms with van der Waals surface area (Å²) in [7, 11) is 0.